The monoisotopic (exact) mass is 343 g/mol. The van der Waals surface area contributed by atoms with E-state index in [0.717, 1.165) is 28.5 Å². The Hall–Kier alpha value is -0.730. The van der Waals surface area contributed by atoms with E-state index in [4.69, 9.17) is 23.2 Å². The fourth-order valence-electron chi connectivity index (χ4n) is 2.11. The molecular formula is C17H20Cl3N. The van der Waals surface area contributed by atoms with Crippen molar-refractivity contribution >= 4 is 35.6 Å². The third kappa shape index (κ3) is 5.88. The average molecular weight is 345 g/mol. The Bertz CT molecular complexity index is 523. The van der Waals surface area contributed by atoms with E-state index in [1.165, 1.54) is 5.56 Å². The minimum Gasteiger partial charge on any atom is -0.310 e. The molecule has 2 aromatic carbocycles. The van der Waals surface area contributed by atoms with E-state index in [0.29, 0.717) is 12.6 Å². The average Bonchev–Trinajstić information content (AvgIpc) is 2.46. The van der Waals surface area contributed by atoms with Crippen molar-refractivity contribution < 1.29 is 0 Å². The first-order valence-corrected chi connectivity index (χ1v) is 7.62. The van der Waals surface area contributed by atoms with Gasteiger partial charge in [-0.3, -0.25) is 0 Å². The van der Waals surface area contributed by atoms with Crippen molar-refractivity contribution in [1.82, 2.24) is 5.32 Å². The van der Waals surface area contributed by atoms with Crippen LogP contribution >= 0.6 is 35.6 Å². The van der Waals surface area contributed by atoms with Gasteiger partial charge < -0.3 is 5.32 Å². The van der Waals surface area contributed by atoms with Gasteiger partial charge in [-0.25, -0.2) is 0 Å². The molecule has 0 fully saturated rings. The molecule has 0 saturated carbocycles. The maximum atomic E-state index is 6.16. The molecule has 0 bridgehead atoms. The summed E-state index contributed by atoms with van der Waals surface area (Å²) in [7, 11) is 0. The quantitative estimate of drug-likeness (QED) is 0.727. The fraction of sp³-hybridized carbons (Fsp3) is 0.294. The number of rotatable bonds is 6. The lowest BCUT2D eigenvalue weighted by atomic mass is 10.1. The minimum absolute atomic E-state index is 0. The summed E-state index contributed by atoms with van der Waals surface area (Å²) in [5.74, 6) is 0. The maximum absolute atomic E-state index is 6.16. The van der Waals surface area contributed by atoms with Crippen LogP contribution in [0.25, 0.3) is 0 Å². The van der Waals surface area contributed by atoms with Gasteiger partial charge in [-0.05, 0) is 37.5 Å². The first-order valence-electron chi connectivity index (χ1n) is 6.87. The third-order valence-electron chi connectivity index (χ3n) is 3.40. The van der Waals surface area contributed by atoms with Crippen molar-refractivity contribution in [2.24, 2.45) is 0 Å². The topological polar surface area (TPSA) is 12.0 Å². The van der Waals surface area contributed by atoms with E-state index >= 15 is 0 Å². The lowest BCUT2D eigenvalue weighted by Gasteiger charge is -2.15. The first kappa shape index (κ1) is 18.3. The summed E-state index contributed by atoms with van der Waals surface area (Å²) < 4.78 is 0. The molecule has 0 heterocycles. The summed E-state index contributed by atoms with van der Waals surface area (Å²) >= 11 is 12.3. The van der Waals surface area contributed by atoms with Gasteiger partial charge in [0.2, 0.25) is 0 Å². The molecule has 1 N–H and O–H groups in total. The van der Waals surface area contributed by atoms with Crippen LogP contribution in [0.1, 0.15) is 24.5 Å². The molecule has 0 aliphatic heterocycles. The zero-order valence-electron chi connectivity index (χ0n) is 12.0. The molecule has 0 amide bonds. The van der Waals surface area contributed by atoms with E-state index in [1.807, 2.05) is 24.3 Å². The lowest BCUT2D eigenvalue weighted by Crippen LogP contribution is -2.26. The maximum Gasteiger partial charge on any atom is 0.0465 e. The molecule has 0 aliphatic rings. The van der Waals surface area contributed by atoms with Crippen LogP contribution in [0.5, 0.6) is 0 Å². The van der Waals surface area contributed by atoms with Gasteiger partial charge in [0.05, 0.1) is 0 Å². The Morgan fingerprint density at radius 3 is 2.19 bits per heavy atom. The number of nitrogens with one attached hydrogen (secondary N) is 1. The van der Waals surface area contributed by atoms with Crippen molar-refractivity contribution in [3.8, 4) is 0 Å². The Labute approximate surface area is 143 Å². The number of aryl methyl sites for hydroxylation is 1. The van der Waals surface area contributed by atoms with Crippen molar-refractivity contribution in [1.29, 1.82) is 0 Å². The van der Waals surface area contributed by atoms with Crippen LogP contribution in [0.4, 0.5) is 0 Å². The largest absolute Gasteiger partial charge is 0.310 e. The van der Waals surface area contributed by atoms with Gasteiger partial charge in [-0.1, -0.05) is 59.6 Å². The molecule has 21 heavy (non-hydrogen) atoms. The van der Waals surface area contributed by atoms with Crippen molar-refractivity contribution in [2.75, 3.05) is 0 Å². The number of halogens is 3. The fourth-order valence-corrected chi connectivity index (χ4v) is 2.64. The van der Waals surface area contributed by atoms with Gasteiger partial charge in [0.25, 0.3) is 0 Å². The minimum atomic E-state index is 0. The summed E-state index contributed by atoms with van der Waals surface area (Å²) in [6.45, 7) is 2.89. The second-order valence-electron chi connectivity index (χ2n) is 5.01. The Balaban J connectivity index is 0.00000220. The van der Waals surface area contributed by atoms with E-state index in [2.05, 4.69) is 36.5 Å². The summed E-state index contributed by atoms with van der Waals surface area (Å²) in [5, 5.41) is 4.93. The second-order valence-corrected chi connectivity index (χ2v) is 5.82. The molecule has 1 atom stereocenters. The Kier molecular flexibility index (Phi) is 8.13. The van der Waals surface area contributed by atoms with Crippen LogP contribution < -0.4 is 5.32 Å². The predicted octanol–water partition coefficient (Wildman–Crippen LogP) is 5.53. The Morgan fingerprint density at radius 1 is 0.952 bits per heavy atom. The molecular weight excluding hydrogens is 325 g/mol. The highest BCUT2D eigenvalue weighted by Crippen LogP contribution is 2.24. The highest BCUT2D eigenvalue weighted by molar-refractivity contribution is 6.35. The van der Waals surface area contributed by atoms with E-state index in [9.17, 15) is 0 Å². The summed E-state index contributed by atoms with van der Waals surface area (Å²) in [4.78, 5) is 0. The van der Waals surface area contributed by atoms with Crippen molar-refractivity contribution in [2.45, 2.75) is 32.4 Å². The van der Waals surface area contributed by atoms with Gasteiger partial charge in [0, 0.05) is 28.2 Å². The molecule has 4 heteroatoms. The predicted molar refractivity (Wildman–Crippen MR) is 94.8 cm³/mol. The normalized spacial score (nSPS) is 11.8. The SMILES string of the molecule is CC(CCc1ccccc1)NCc1c(Cl)cccc1Cl.Cl. The smallest absolute Gasteiger partial charge is 0.0465 e. The van der Waals surface area contributed by atoms with Crippen LogP contribution in [-0.2, 0) is 13.0 Å². The summed E-state index contributed by atoms with van der Waals surface area (Å²) in [5.41, 5.74) is 2.35. The number of benzene rings is 2. The van der Waals surface area contributed by atoms with Crippen LogP contribution in [0.2, 0.25) is 10.0 Å². The van der Waals surface area contributed by atoms with Crippen molar-refractivity contribution in [3.05, 3.63) is 69.7 Å². The first-order chi connectivity index (χ1) is 9.66. The van der Waals surface area contributed by atoms with Crippen LogP contribution in [0.15, 0.2) is 48.5 Å². The Morgan fingerprint density at radius 2 is 1.57 bits per heavy atom. The molecule has 2 rings (SSSR count). The van der Waals surface area contributed by atoms with Gasteiger partial charge in [0.15, 0.2) is 0 Å². The van der Waals surface area contributed by atoms with Gasteiger partial charge in [-0.15, -0.1) is 12.4 Å². The standard InChI is InChI=1S/C17H19Cl2N.ClH/c1-13(10-11-14-6-3-2-4-7-14)20-12-15-16(18)8-5-9-17(15)19;/h2-9,13,20H,10-12H2,1H3;1H. The van der Waals surface area contributed by atoms with E-state index < -0.39 is 0 Å². The van der Waals surface area contributed by atoms with E-state index in [-0.39, 0.29) is 12.4 Å². The van der Waals surface area contributed by atoms with Crippen molar-refractivity contribution in [3.63, 3.8) is 0 Å². The van der Waals surface area contributed by atoms with Crippen LogP contribution in [0.3, 0.4) is 0 Å². The van der Waals surface area contributed by atoms with Gasteiger partial charge >= 0.3 is 0 Å². The zero-order chi connectivity index (χ0) is 14.4. The molecule has 0 aliphatic carbocycles. The zero-order valence-corrected chi connectivity index (χ0v) is 14.3. The second kappa shape index (κ2) is 9.32. The molecule has 1 nitrogen and oxygen atoms in total. The number of hydrogen-bond donors (Lipinski definition) is 1. The highest BCUT2D eigenvalue weighted by Gasteiger charge is 2.07. The van der Waals surface area contributed by atoms with Crippen LogP contribution in [-0.4, -0.2) is 6.04 Å². The van der Waals surface area contributed by atoms with Crippen LogP contribution in [0, 0.1) is 0 Å². The molecule has 0 saturated heterocycles. The van der Waals surface area contributed by atoms with E-state index in [1.54, 1.807) is 0 Å². The third-order valence-corrected chi connectivity index (χ3v) is 4.11. The molecule has 114 valence electrons. The molecule has 0 radical (unpaired) electrons. The molecule has 0 aromatic heterocycles. The molecule has 0 spiro atoms. The lowest BCUT2D eigenvalue weighted by molar-refractivity contribution is 0.514. The molecule has 2 aromatic rings. The molecule has 1 unspecified atom stereocenters. The highest BCUT2D eigenvalue weighted by atomic mass is 35.5. The summed E-state index contributed by atoms with van der Waals surface area (Å²) in [6, 6.07) is 16.6. The van der Waals surface area contributed by atoms with Gasteiger partial charge in [-0.2, -0.15) is 0 Å². The van der Waals surface area contributed by atoms with Gasteiger partial charge in [0.1, 0.15) is 0 Å². The number of hydrogen-bond acceptors (Lipinski definition) is 1. The summed E-state index contributed by atoms with van der Waals surface area (Å²) in [6.07, 6.45) is 2.16.